The van der Waals surface area contributed by atoms with E-state index in [9.17, 15) is 4.79 Å². The molecule has 100 valence electrons. The number of anilines is 1. The van der Waals surface area contributed by atoms with Crippen molar-refractivity contribution < 1.29 is 9.53 Å². The van der Waals surface area contributed by atoms with Crippen LogP contribution in [0.3, 0.4) is 0 Å². The average Bonchev–Trinajstić information content (AvgIpc) is 2.34. The van der Waals surface area contributed by atoms with Gasteiger partial charge in [0.15, 0.2) is 0 Å². The zero-order chi connectivity index (χ0) is 13.7. The average molecular weight is 251 g/mol. The van der Waals surface area contributed by atoms with Crippen LogP contribution in [0.15, 0.2) is 18.2 Å². The van der Waals surface area contributed by atoms with E-state index in [1.54, 1.807) is 7.11 Å². The van der Waals surface area contributed by atoms with Crippen molar-refractivity contribution in [3.8, 4) is 5.75 Å². The number of benzene rings is 1. The lowest BCUT2D eigenvalue weighted by Crippen LogP contribution is -2.39. The minimum atomic E-state index is -0.366. The third kappa shape index (κ3) is 3.37. The molecule has 0 unspecified atom stereocenters. The Morgan fingerprint density at radius 3 is 2.56 bits per heavy atom. The van der Waals surface area contributed by atoms with Gasteiger partial charge in [0, 0.05) is 24.3 Å². The van der Waals surface area contributed by atoms with Crippen LogP contribution < -0.4 is 21.1 Å². The molecule has 0 radical (unpaired) electrons. The first-order chi connectivity index (χ1) is 8.49. The Morgan fingerprint density at radius 1 is 1.44 bits per heavy atom. The van der Waals surface area contributed by atoms with E-state index in [4.69, 9.17) is 16.2 Å². The monoisotopic (exact) mass is 251 g/mol. The lowest BCUT2D eigenvalue weighted by Gasteiger charge is -2.29. The van der Waals surface area contributed by atoms with Gasteiger partial charge in [-0.15, -0.1) is 0 Å². The molecule has 1 aromatic carbocycles. The molecule has 4 N–H and O–H groups in total. The number of hydrogen-bond donors (Lipinski definition) is 2. The maximum absolute atomic E-state index is 11.2. The summed E-state index contributed by atoms with van der Waals surface area (Å²) in [5, 5.41) is 0. The fourth-order valence-electron chi connectivity index (χ4n) is 1.82. The Morgan fingerprint density at radius 2 is 2.11 bits per heavy atom. The fraction of sp³-hybridized carbons (Fsp3) is 0.462. The van der Waals surface area contributed by atoms with Gasteiger partial charge in [0.25, 0.3) is 0 Å². The Labute approximate surface area is 108 Å². The second-order valence-corrected chi connectivity index (χ2v) is 4.39. The Balaban J connectivity index is 3.19. The summed E-state index contributed by atoms with van der Waals surface area (Å²) in [6, 6.07) is 5.79. The molecule has 5 nitrogen and oxygen atoms in total. The van der Waals surface area contributed by atoms with Crippen LogP contribution in [0.4, 0.5) is 5.69 Å². The molecule has 0 heterocycles. The van der Waals surface area contributed by atoms with E-state index < -0.39 is 0 Å². The number of nitrogens with two attached hydrogens (primary N) is 2. The highest BCUT2D eigenvalue weighted by molar-refractivity contribution is 5.80. The molecule has 0 bridgehead atoms. The van der Waals surface area contributed by atoms with Gasteiger partial charge in [-0.3, -0.25) is 4.79 Å². The summed E-state index contributed by atoms with van der Waals surface area (Å²) in [6.45, 7) is 4.57. The van der Waals surface area contributed by atoms with Crippen molar-refractivity contribution in [1.82, 2.24) is 0 Å². The van der Waals surface area contributed by atoms with Gasteiger partial charge in [-0.25, -0.2) is 0 Å². The second kappa shape index (κ2) is 6.26. The molecule has 0 aliphatic rings. The first kappa shape index (κ1) is 14.3. The first-order valence-corrected chi connectivity index (χ1v) is 5.91. The zero-order valence-electron chi connectivity index (χ0n) is 11.1. The molecule has 1 rings (SSSR count). The lowest BCUT2D eigenvalue weighted by molar-refractivity contribution is -0.116. The Hall–Kier alpha value is -1.75. The largest absolute Gasteiger partial charge is 0.497 e. The number of carbonyl (C=O) groups excluding carboxylic acids is 1. The van der Waals surface area contributed by atoms with Gasteiger partial charge in [-0.2, -0.15) is 0 Å². The van der Waals surface area contributed by atoms with E-state index in [1.807, 2.05) is 36.9 Å². The van der Waals surface area contributed by atoms with Crippen molar-refractivity contribution in [3.05, 3.63) is 23.8 Å². The quantitative estimate of drug-likeness (QED) is 0.785. The third-order valence-corrected chi connectivity index (χ3v) is 2.77. The summed E-state index contributed by atoms with van der Waals surface area (Å²) in [5.74, 6) is 0.367. The van der Waals surface area contributed by atoms with Crippen molar-refractivity contribution in [2.24, 2.45) is 11.5 Å². The number of amides is 1. The summed E-state index contributed by atoms with van der Waals surface area (Å²) in [5.41, 5.74) is 12.9. The molecule has 1 aromatic rings. The number of hydrogen-bond acceptors (Lipinski definition) is 4. The van der Waals surface area contributed by atoms with Crippen molar-refractivity contribution >= 4 is 11.6 Å². The number of methoxy groups -OCH3 is 1. The maximum atomic E-state index is 11.2. The van der Waals surface area contributed by atoms with E-state index in [-0.39, 0.29) is 18.5 Å². The summed E-state index contributed by atoms with van der Waals surface area (Å²) in [7, 11) is 1.61. The van der Waals surface area contributed by atoms with Gasteiger partial charge in [0.1, 0.15) is 5.75 Å². The smallest absolute Gasteiger partial charge is 0.236 e. The van der Waals surface area contributed by atoms with Crippen molar-refractivity contribution in [2.45, 2.75) is 26.4 Å². The van der Waals surface area contributed by atoms with Gasteiger partial charge >= 0.3 is 0 Å². The van der Waals surface area contributed by atoms with E-state index in [1.165, 1.54) is 0 Å². The molecular formula is C13H21N3O2. The molecule has 5 heteroatoms. The molecule has 0 spiro atoms. The molecule has 0 fully saturated rings. The van der Waals surface area contributed by atoms with Gasteiger partial charge in [-0.1, -0.05) is 6.07 Å². The normalized spacial score (nSPS) is 10.5. The summed E-state index contributed by atoms with van der Waals surface area (Å²) in [4.78, 5) is 13.1. The summed E-state index contributed by atoms with van der Waals surface area (Å²) >= 11 is 0. The van der Waals surface area contributed by atoms with E-state index in [0.717, 1.165) is 17.0 Å². The maximum Gasteiger partial charge on any atom is 0.236 e. The van der Waals surface area contributed by atoms with Gasteiger partial charge in [0.2, 0.25) is 5.91 Å². The molecule has 0 aliphatic carbocycles. The van der Waals surface area contributed by atoms with Crippen LogP contribution in [0, 0.1) is 0 Å². The molecule has 0 atom stereocenters. The highest BCUT2D eigenvalue weighted by Gasteiger charge is 2.16. The lowest BCUT2D eigenvalue weighted by atomic mass is 10.1. The predicted molar refractivity (Wildman–Crippen MR) is 72.6 cm³/mol. The van der Waals surface area contributed by atoms with E-state index in [0.29, 0.717) is 6.54 Å². The molecule has 0 saturated carbocycles. The number of carbonyl (C=O) groups is 1. The molecule has 0 saturated heterocycles. The number of primary amides is 1. The predicted octanol–water partition coefficient (Wildman–Crippen LogP) is 0.854. The number of rotatable bonds is 6. The Kier molecular flexibility index (Phi) is 4.97. The molecule has 0 aromatic heterocycles. The van der Waals surface area contributed by atoms with Crippen molar-refractivity contribution in [3.63, 3.8) is 0 Å². The number of nitrogens with zero attached hydrogens (tertiary/aromatic N) is 1. The molecular weight excluding hydrogens is 230 g/mol. The number of ether oxygens (including phenoxy) is 1. The van der Waals surface area contributed by atoms with Crippen LogP contribution in [-0.4, -0.2) is 25.6 Å². The van der Waals surface area contributed by atoms with Crippen LogP contribution in [0.1, 0.15) is 19.4 Å². The minimum absolute atomic E-state index is 0.148. The van der Waals surface area contributed by atoms with Gasteiger partial charge in [-0.05, 0) is 25.5 Å². The highest BCUT2D eigenvalue weighted by atomic mass is 16.5. The molecule has 0 aliphatic heterocycles. The first-order valence-electron chi connectivity index (χ1n) is 5.91. The summed E-state index contributed by atoms with van der Waals surface area (Å²) in [6.07, 6.45) is 0. The topological polar surface area (TPSA) is 81.6 Å². The van der Waals surface area contributed by atoms with Gasteiger partial charge < -0.3 is 21.1 Å². The Bertz CT molecular complexity index is 419. The van der Waals surface area contributed by atoms with Crippen molar-refractivity contribution in [1.29, 1.82) is 0 Å². The third-order valence-electron chi connectivity index (χ3n) is 2.77. The van der Waals surface area contributed by atoms with Crippen LogP contribution in [0.2, 0.25) is 0 Å². The molecule has 18 heavy (non-hydrogen) atoms. The fourth-order valence-corrected chi connectivity index (χ4v) is 1.82. The van der Waals surface area contributed by atoms with Crippen LogP contribution >= 0.6 is 0 Å². The van der Waals surface area contributed by atoms with Crippen LogP contribution in [0.25, 0.3) is 0 Å². The van der Waals surface area contributed by atoms with Crippen molar-refractivity contribution in [2.75, 3.05) is 18.6 Å². The van der Waals surface area contributed by atoms with Crippen LogP contribution in [-0.2, 0) is 11.3 Å². The minimum Gasteiger partial charge on any atom is -0.497 e. The standard InChI is InChI=1S/C13H21N3O2/c1-9(2)16(8-13(15)17)12-6-11(18-3)5-4-10(12)7-14/h4-6,9H,7-8,14H2,1-3H3,(H2,15,17). The highest BCUT2D eigenvalue weighted by Crippen LogP contribution is 2.27. The van der Waals surface area contributed by atoms with Gasteiger partial charge in [0.05, 0.1) is 13.7 Å². The second-order valence-electron chi connectivity index (χ2n) is 4.39. The molecule has 1 amide bonds. The summed E-state index contributed by atoms with van der Waals surface area (Å²) < 4.78 is 5.21. The van der Waals surface area contributed by atoms with Crippen LogP contribution in [0.5, 0.6) is 5.75 Å². The SMILES string of the molecule is COc1ccc(CN)c(N(CC(N)=O)C(C)C)c1. The van der Waals surface area contributed by atoms with E-state index >= 15 is 0 Å². The van der Waals surface area contributed by atoms with E-state index in [2.05, 4.69) is 0 Å². The zero-order valence-corrected chi connectivity index (χ0v) is 11.1.